The molecule has 1 aliphatic heterocycles. The molecule has 2 rings (SSSR count). The van der Waals surface area contributed by atoms with Crippen molar-refractivity contribution in [1.29, 1.82) is 0 Å². The first-order valence-corrected chi connectivity index (χ1v) is 9.61. The minimum absolute atomic E-state index is 0.101. The maximum Gasteiger partial charge on any atom is 0.253 e. The van der Waals surface area contributed by atoms with Gasteiger partial charge in [-0.2, -0.15) is 0 Å². The molecule has 6 nitrogen and oxygen atoms in total. The lowest BCUT2D eigenvalue weighted by Crippen LogP contribution is -2.41. The van der Waals surface area contributed by atoms with Gasteiger partial charge in [0.25, 0.3) is 5.91 Å². The van der Waals surface area contributed by atoms with E-state index in [2.05, 4.69) is 5.32 Å². The summed E-state index contributed by atoms with van der Waals surface area (Å²) in [5.41, 5.74) is 5.84. The van der Waals surface area contributed by atoms with Crippen molar-refractivity contribution >= 4 is 17.5 Å². The van der Waals surface area contributed by atoms with E-state index in [4.69, 9.17) is 10.5 Å². The van der Waals surface area contributed by atoms with Gasteiger partial charge in [-0.15, -0.1) is 0 Å². The Morgan fingerprint density at radius 1 is 1.33 bits per heavy atom. The Balaban J connectivity index is 1.90. The number of halogens is 1. The van der Waals surface area contributed by atoms with E-state index in [1.54, 1.807) is 11.0 Å². The lowest BCUT2D eigenvalue weighted by molar-refractivity contribution is -0.116. The van der Waals surface area contributed by atoms with Crippen molar-refractivity contribution in [3.63, 3.8) is 0 Å². The van der Waals surface area contributed by atoms with Crippen LogP contribution in [0.1, 0.15) is 49.9 Å². The predicted molar refractivity (Wildman–Crippen MR) is 103 cm³/mol. The molecule has 1 aliphatic rings. The molecule has 7 heteroatoms. The second-order valence-corrected chi connectivity index (χ2v) is 7.35. The highest BCUT2D eigenvalue weighted by Crippen LogP contribution is 2.20. The zero-order valence-corrected chi connectivity index (χ0v) is 16.2. The summed E-state index contributed by atoms with van der Waals surface area (Å²) in [4.78, 5) is 26.1. The molecular weight excluding hydrogens is 349 g/mol. The van der Waals surface area contributed by atoms with E-state index >= 15 is 0 Å². The fourth-order valence-corrected chi connectivity index (χ4v) is 3.06. The lowest BCUT2D eigenvalue weighted by Gasteiger charge is -2.32. The number of benzene rings is 1. The highest BCUT2D eigenvalue weighted by atomic mass is 19.1. The van der Waals surface area contributed by atoms with Crippen molar-refractivity contribution in [3.05, 3.63) is 29.6 Å². The van der Waals surface area contributed by atoms with Crippen LogP contribution in [0.2, 0.25) is 0 Å². The number of likely N-dealkylation sites (tertiary alicyclic amines) is 1. The molecule has 0 bridgehead atoms. The highest BCUT2D eigenvalue weighted by molar-refractivity contribution is 5.96. The van der Waals surface area contributed by atoms with E-state index in [9.17, 15) is 14.0 Å². The number of nitrogens with zero attached hydrogens (tertiary/aromatic N) is 1. The standard InChI is InChI=1S/C20H30FN3O3/c1-14(2)12-19(25)23-18-5-4-15(13-17(18)21)20(26)24-9-6-16(7-10-24)27-11-3-8-22/h4-5,13-14,16H,3,6-12,22H2,1-2H3,(H,23,25). The Bertz CT molecular complexity index is 643. The Morgan fingerprint density at radius 2 is 2.04 bits per heavy atom. The molecule has 1 heterocycles. The largest absolute Gasteiger partial charge is 0.378 e. The summed E-state index contributed by atoms with van der Waals surface area (Å²) in [5, 5.41) is 2.55. The second-order valence-electron chi connectivity index (χ2n) is 7.35. The summed E-state index contributed by atoms with van der Waals surface area (Å²) in [6.07, 6.45) is 2.83. The van der Waals surface area contributed by atoms with Crippen molar-refractivity contribution in [1.82, 2.24) is 4.90 Å². The number of ether oxygens (including phenoxy) is 1. The molecule has 150 valence electrons. The first-order chi connectivity index (χ1) is 12.9. The number of nitrogens with two attached hydrogens (primary N) is 1. The van der Waals surface area contributed by atoms with Gasteiger partial charge in [-0.25, -0.2) is 4.39 Å². The first kappa shape index (κ1) is 21.3. The number of hydrogen-bond acceptors (Lipinski definition) is 4. The molecule has 0 spiro atoms. The number of anilines is 1. The maximum absolute atomic E-state index is 14.3. The molecule has 1 aromatic carbocycles. The Labute approximate surface area is 160 Å². The number of rotatable bonds is 8. The van der Waals surface area contributed by atoms with Crippen LogP contribution in [-0.2, 0) is 9.53 Å². The fraction of sp³-hybridized carbons (Fsp3) is 0.600. The van der Waals surface area contributed by atoms with E-state index in [0.717, 1.165) is 19.3 Å². The van der Waals surface area contributed by atoms with Crippen molar-refractivity contribution in [2.75, 3.05) is 31.6 Å². The average Bonchev–Trinajstić information content (AvgIpc) is 2.63. The van der Waals surface area contributed by atoms with Crippen molar-refractivity contribution in [3.8, 4) is 0 Å². The van der Waals surface area contributed by atoms with Crippen LogP contribution in [0.5, 0.6) is 0 Å². The Kier molecular flexibility index (Phi) is 8.19. The van der Waals surface area contributed by atoms with Crippen LogP contribution in [0, 0.1) is 11.7 Å². The van der Waals surface area contributed by atoms with Crippen molar-refractivity contribution < 1.29 is 18.7 Å². The van der Waals surface area contributed by atoms with Gasteiger partial charge in [0.05, 0.1) is 11.8 Å². The Hall–Kier alpha value is -1.99. The predicted octanol–water partition coefficient (Wildman–Crippen LogP) is 2.78. The second kappa shape index (κ2) is 10.4. The molecule has 0 aliphatic carbocycles. The van der Waals surface area contributed by atoms with Gasteiger partial charge in [0.2, 0.25) is 5.91 Å². The number of carbonyl (C=O) groups is 2. The van der Waals surface area contributed by atoms with Crippen LogP contribution in [0.4, 0.5) is 10.1 Å². The van der Waals surface area contributed by atoms with Crippen LogP contribution in [0.25, 0.3) is 0 Å². The van der Waals surface area contributed by atoms with Crippen LogP contribution in [0.15, 0.2) is 18.2 Å². The Morgan fingerprint density at radius 3 is 2.63 bits per heavy atom. The van der Waals surface area contributed by atoms with Gasteiger partial charge >= 0.3 is 0 Å². The zero-order valence-electron chi connectivity index (χ0n) is 16.2. The number of amides is 2. The van der Waals surface area contributed by atoms with Crippen LogP contribution in [0.3, 0.4) is 0 Å². The molecule has 2 amide bonds. The van der Waals surface area contributed by atoms with E-state index in [1.807, 2.05) is 13.8 Å². The summed E-state index contributed by atoms with van der Waals surface area (Å²) >= 11 is 0. The third-order valence-corrected chi connectivity index (χ3v) is 4.51. The topological polar surface area (TPSA) is 84.7 Å². The lowest BCUT2D eigenvalue weighted by atomic mass is 10.1. The monoisotopic (exact) mass is 379 g/mol. The fourth-order valence-electron chi connectivity index (χ4n) is 3.06. The van der Waals surface area contributed by atoms with Crippen LogP contribution >= 0.6 is 0 Å². The summed E-state index contributed by atoms with van der Waals surface area (Å²) in [5.74, 6) is -0.844. The molecule has 1 saturated heterocycles. The average molecular weight is 379 g/mol. The normalized spacial score (nSPS) is 15.2. The van der Waals surface area contributed by atoms with Gasteiger partial charge in [0.15, 0.2) is 0 Å². The van der Waals surface area contributed by atoms with E-state index < -0.39 is 5.82 Å². The van der Waals surface area contributed by atoms with E-state index in [-0.39, 0.29) is 35.1 Å². The minimum atomic E-state index is -0.599. The van der Waals surface area contributed by atoms with Crippen LogP contribution in [-0.4, -0.2) is 49.1 Å². The highest BCUT2D eigenvalue weighted by Gasteiger charge is 2.24. The summed E-state index contributed by atoms with van der Waals surface area (Å²) in [7, 11) is 0. The molecule has 0 radical (unpaired) electrons. The maximum atomic E-state index is 14.3. The summed E-state index contributed by atoms with van der Waals surface area (Å²) in [6.45, 7) is 6.26. The van der Waals surface area contributed by atoms with E-state index in [0.29, 0.717) is 32.7 Å². The molecule has 0 aromatic heterocycles. The molecule has 3 N–H and O–H groups in total. The summed E-state index contributed by atoms with van der Waals surface area (Å²) in [6, 6.07) is 4.20. The van der Waals surface area contributed by atoms with Gasteiger partial charge in [-0.3, -0.25) is 9.59 Å². The molecule has 1 fully saturated rings. The molecule has 0 unspecified atom stereocenters. The van der Waals surface area contributed by atoms with Gasteiger partial charge in [0.1, 0.15) is 5.82 Å². The number of carbonyl (C=O) groups excluding carboxylic acids is 2. The number of hydrogen-bond donors (Lipinski definition) is 2. The molecule has 1 aromatic rings. The van der Waals surface area contributed by atoms with E-state index in [1.165, 1.54) is 12.1 Å². The van der Waals surface area contributed by atoms with Gasteiger partial charge in [-0.05, 0) is 49.9 Å². The molecule has 27 heavy (non-hydrogen) atoms. The zero-order chi connectivity index (χ0) is 19.8. The third-order valence-electron chi connectivity index (χ3n) is 4.51. The van der Waals surface area contributed by atoms with Crippen LogP contribution < -0.4 is 11.1 Å². The van der Waals surface area contributed by atoms with Crippen molar-refractivity contribution in [2.45, 2.75) is 45.6 Å². The first-order valence-electron chi connectivity index (χ1n) is 9.61. The summed E-state index contributed by atoms with van der Waals surface area (Å²) < 4.78 is 20.0. The SMILES string of the molecule is CC(C)CC(=O)Nc1ccc(C(=O)N2CCC(OCCCN)CC2)cc1F. The minimum Gasteiger partial charge on any atom is -0.378 e. The molecule has 0 saturated carbocycles. The molecular formula is C20H30FN3O3. The van der Waals surface area contributed by atoms with Gasteiger partial charge in [0, 0.05) is 31.7 Å². The smallest absolute Gasteiger partial charge is 0.253 e. The quantitative estimate of drug-likeness (QED) is 0.680. The number of piperidine rings is 1. The molecule has 0 atom stereocenters. The number of nitrogens with one attached hydrogen (secondary N) is 1. The van der Waals surface area contributed by atoms with Gasteiger partial charge in [-0.1, -0.05) is 13.8 Å². The third kappa shape index (κ3) is 6.59. The van der Waals surface area contributed by atoms with Crippen molar-refractivity contribution in [2.24, 2.45) is 11.7 Å². The van der Waals surface area contributed by atoms with Gasteiger partial charge < -0.3 is 20.7 Å².